The van der Waals surface area contributed by atoms with Gasteiger partial charge in [0.1, 0.15) is 12.4 Å². The molecule has 0 aliphatic heterocycles. The average Bonchev–Trinajstić information content (AvgIpc) is 2.56. The molecule has 2 aromatic carbocycles. The number of amides is 1. The van der Waals surface area contributed by atoms with Crippen LogP contribution >= 0.6 is 0 Å². The van der Waals surface area contributed by atoms with E-state index in [1.54, 1.807) is 6.07 Å². The van der Waals surface area contributed by atoms with Crippen molar-refractivity contribution in [3.8, 4) is 5.75 Å². The molecule has 5 heteroatoms. The number of benzene rings is 2. The highest BCUT2D eigenvalue weighted by molar-refractivity contribution is 5.91. The van der Waals surface area contributed by atoms with Gasteiger partial charge in [0.05, 0.1) is 6.61 Å². The topological polar surface area (TPSA) is 70.6 Å². The van der Waals surface area contributed by atoms with E-state index in [1.165, 1.54) is 0 Å². The van der Waals surface area contributed by atoms with Crippen LogP contribution in [0, 0.1) is 0 Å². The number of ether oxygens (including phenoxy) is 1. The van der Waals surface area contributed by atoms with Crippen LogP contribution in [0.15, 0.2) is 48.5 Å². The number of carbonyl (C=O) groups excluding carboxylic acids is 1. The van der Waals surface area contributed by atoms with E-state index in [2.05, 4.69) is 17.6 Å². The summed E-state index contributed by atoms with van der Waals surface area (Å²) in [5, 5.41) is 14.8. The zero-order valence-electron chi connectivity index (χ0n) is 13.4. The first kappa shape index (κ1) is 16.8. The van der Waals surface area contributed by atoms with Crippen LogP contribution in [0.3, 0.4) is 0 Å². The van der Waals surface area contributed by atoms with Crippen LogP contribution in [0.4, 0.5) is 11.4 Å². The van der Waals surface area contributed by atoms with Crippen LogP contribution in [0.25, 0.3) is 0 Å². The molecule has 1 amide bonds. The quantitative estimate of drug-likeness (QED) is 0.734. The van der Waals surface area contributed by atoms with Crippen molar-refractivity contribution < 1.29 is 14.6 Å². The van der Waals surface area contributed by atoms with Crippen LogP contribution in [-0.4, -0.2) is 24.2 Å². The summed E-state index contributed by atoms with van der Waals surface area (Å²) < 4.78 is 5.44. The Hall–Kier alpha value is -2.53. The maximum atomic E-state index is 11.2. The Bertz CT molecular complexity index is 641. The van der Waals surface area contributed by atoms with Gasteiger partial charge in [0.2, 0.25) is 5.91 Å². The van der Waals surface area contributed by atoms with Gasteiger partial charge < -0.3 is 20.5 Å². The summed E-state index contributed by atoms with van der Waals surface area (Å²) in [7, 11) is 0. The highest BCUT2D eigenvalue weighted by atomic mass is 16.5. The zero-order chi connectivity index (χ0) is 16.7. The largest absolute Gasteiger partial charge is 0.494 e. The Kier molecular flexibility index (Phi) is 6.00. The molecule has 23 heavy (non-hydrogen) atoms. The summed E-state index contributed by atoms with van der Waals surface area (Å²) in [6.07, 6.45) is 0. The number of hydrogen-bond donors (Lipinski definition) is 3. The summed E-state index contributed by atoms with van der Waals surface area (Å²) in [4.78, 5) is 11.2. The number of aliphatic hydroxyl groups is 1. The van der Waals surface area contributed by atoms with E-state index in [4.69, 9.17) is 9.84 Å². The van der Waals surface area contributed by atoms with Gasteiger partial charge in [-0.2, -0.15) is 0 Å². The fraction of sp³-hybridized carbons (Fsp3) is 0.278. The van der Waals surface area contributed by atoms with Crippen LogP contribution in [0.5, 0.6) is 5.75 Å². The fourth-order valence-electron chi connectivity index (χ4n) is 2.24. The van der Waals surface area contributed by atoms with Crippen LogP contribution < -0.4 is 15.4 Å². The van der Waals surface area contributed by atoms with Gasteiger partial charge in [0.25, 0.3) is 0 Å². The van der Waals surface area contributed by atoms with Crippen molar-refractivity contribution in [2.45, 2.75) is 19.9 Å². The average molecular weight is 314 g/mol. The van der Waals surface area contributed by atoms with Crippen molar-refractivity contribution in [1.82, 2.24) is 0 Å². The predicted molar refractivity (Wildman–Crippen MR) is 91.8 cm³/mol. The maximum Gasteiger partial charge on any atom is 0.250 e. The standard InChI is InChI=1S/C18H22N2O3/c1-3-23-17-9-7-14(8-10-17)13(2)19-15-5-4-6-16(11-15)20-18(22)12-21/h4-11,13,19,21H,3,12H2,1-2H3,(H,20,22). The number of nitrogens with one attached hydrogen (secondary N) is 2. The van der Waals surface area contributed by atoms with E-state index in [1.807, 2.05) is 49.4 Å². The minimum absolute atomic E-state index is 0.106. The molecule has 2 rings (SSSR count). The van der Waals surface area contributed by atoms with Gasteiger partial charge in [-0.05, 0) is 49.7 Å². The molecule has 3 N–H and O–H groups in total. The van der Waals surface area contributed by atoms with Crippen molar-refractivity contribution in [2.24, 2.45) is 0 Å². The number of aliphatic hydroxyl groups excluding tert-OH is 1. The van der Waals surface area contributed by atoms with E-state index < -0.39 is 12.5 Å². The lowest BCUT2D eigenvalue weighted by Crippen LogP contribution is -2.15. The lowest BCUT2D eigenvalue weighted by atomic mass is 10.1. The number of carbonyl (C=O) groups is 1. The second-order valence-electron chi connectivity index (χ2n) is 5.16. The number of hydrogen-bond acceptors (Lipinski definition) is 4. The third kappa shape index (κ3) is 5.00. The van der Waals surface area contributed by atoms with Gasteiger partial charge in [-0.1, -0.05) is 18.2 Å². The first-order chi connectivity index (χ1) is 11.1. The SMILES string of the molecule is CCOc1ccc(C(C)Nc2cccc(NC(=O)CO)c2)cc1. The lowest BCUT2D eigenvalue weighted by Gasteiger charge is -2.17. The summed E-state index contributed by atoms with van der Waals surface area (Å²) >= 11 is 0. The van der Waals surface area contributed by atoms with Gasteiger partial charge in [-0.15, -0.1) is 0 Å². The second-order valence-corrected chi connectivity index (χ2v) is 5.16. The van der Waals surface area contributed by atoms with Gasteiger partial charge in [0, 0.05) is 17.4 Å². The van der Waals surface area contributed by atoms with Crippen molar-refractivity contribution in [3.05, 3.63) is 54.1 Å². The Balaban J connectivity index is 2.03. The summed E-state index contributed by atoms with van der Waals surface area (Å²) in [6.45, 7) is 4.15. The summed E-state index contributed by atoms with van der Waals surface area (Å²) in [6, 6.07) is 15.5. The molecule has 0 radical (unpaired) electrons. The molecule has 122 valence electrons. The monoisotopic (exact) mass is 314 g/mol. The smallest absolute Gasteiger partial charge is 0.250 e. The van der Waals surface area contributed by atoms with Gasteiger partial charge in [-0.3, -0.25) is 4.79 Å². The Labute approximate surface area is 136 Å². The van der Waals surface area contributed by atoms with Crippen molar-refractivity contribution >= 4 is 17.3 Å². The van der Waals surface area contributed by atoms with E-state index in [0.717, 1.165) is 17.0 Å². The minimum atomic E-state index is -0.528. The molecule has 0 saturated heterocycles. The highest BCUT2D eigenvalue weighted by Gasteiger charge is 2.07. The minimum Gasteiger partial charge on any atom is -0.494 e. The van der Waals surface area contributed by atoms with E-state index in [-0.39, 0.29) is 6.04 Å². The molecular formula is C18H22N2O3. The first-order valence-corrected chi connectivity index (χ1v) is 7.62. The van der Waals surface area contributed by atoms with Crippen molar-refractivity contribution in [3.63, 3.8) is 0 Å². The van der Waals surface area contributed by atoms with Crippen LogP contribution in [0.2, 0.25) is 0 Å². The number of anilines is 2. The van der Waals surface area contributed by atoms with E-state index >= 15 is 0 Å². The van der Waals surface area contributed by atoms with Crippen molar-refractivity contribution in [2.75, 3.05) is 23.8 Å². The molecule has 0 aliphatic rings. The second kappa shape index (κ2) is 8.19. The summed E-state index contributed by atoms with van der Waals surface area (Å²) in [5.74, 6) is 0.430. The molecule has 1 atom stereocenters. The fourth-order valence-corrected chi connectivity index (χ4v) is 2.24. The third-order valence-corrected chi connectivity index (χ3v) is 3.36. The Morgan fingerprint density at radius 3 is 2.52 bits per heavy atom. The maximum absolute atomic E-state index is 11.2. The third-order valence-electron chi connectivity index (χ3n) is 3.36. The first-order valence-electron chi connectivity index (χ1n) is 7.62. The molecule has 0 heterocycles. The van der Waals surface area contributed by atoms with Crippen LogP contribution in [0.1, 0.15) is 25.5 Å². The summed E-state index contributed by atoms with van der Waals surface area (Å²) in [5.41, 5.74) is 2.67. The Morgan fingerprint density at radius 1 is 1.17 bits per heavy atom. The molecule has 0 aromatic heterocycles. The van der Waals surface area contributed by atoms with E-state index in [9.17, 15) is 4.79 Å². The van der Waals surface area contributed by atoms with Crippen LogP contribution in [-0.2, 0) is 4.79 Å². The lowest BCUT2D eigenvalue weighted by molar-refractivity contribution is -0.118. The normalized spacial score (nSPS) is 11.6. The molecule has 5 nitrogen and oxygen atoms in total. The molecule has 2 aromatic rings. The molecule has 0 bridgehead atoms. The number of rotatable bonds is 7. The molecular weight excluding hydrogens is 292 g/mol. The van der Waals surface area contributed by atoms with Gasteiger partial charge >= 0.3 is 0 Å². The molecule has 0 spiro atoms. The van der Waals surface area contributed by atoms with E-state index in [0.29, 0.717) is 12.3 Å². The highest BCUT2D eigenvalue weighted by Crippen LogP contribution is 2.23. The molecule has 0 fully saturated rings. The Morgan fingerprint density at radius 2 is 1.87 bits per heavy atom. The van der Waals surface area contributed by atoms with Crippen molar-refractivity contribution in [1.29, 1.82) is 0 Å². The zero-order valence-corrected chi connectivity index (χ0v) is 13.4. The van der Waals surface area contributed by atoms with Gasteiger partial charge in [-0.25, -0.2) is 0 Å². The van der Waals surface area contributed by atoms with Gasteiger partial charge in [0.15, 0.2) is 0 Å². The molecule has 0 saturated carbocycles. The molecule has 0 aliphatic carbocycles. The predicted octanol–water partition coefficient (Wildman–Crippen LogP) is 3.19. The molecule has 1 unspecified atom stereocenters.